The van der Waals surface area contributed by atoms with Gasteiger partial charge in [-0.3, -0.25) is 0 Å². The van der Waals surface area contributed by atoms with E-state index in [1.165, 1.54) is 23.5 Å². The van der Waals surface area contributed by atoms with Crippen LogP contribution in [0, 0.1) is 0 Å². The number of thiazole rings is 1. The molecule has 0 aliphatic heterocycles. The van der Waals surface area contributed by atoms with Gasteiger partial charge in [0.05, 0.1) is 10.0 Å². The number of carbonyl (C=O) groups is 1. The molecule has 116 valence electrons. The molecule has 0 spiro atoms. The molecule has 23 heavy (non-hydrogen) atoms. The van der Waals surface area contributed by atoms with Crippen molar-refractivity contribution in [3.05, 3.63) is 56.7 Å². The van der Waals surface area contributed by atoms with Crippen molar-refractivity contribution >= 4 is 52.1 Å². The van der Waals surface area contributed by atoms with Gasteiger partial charge in [0.1, 0.15) is 0 Å². The van der Waals surface area contributed by atoms with E-state index in [-0.39, 0.29) is 21.5 Å². The Bertz CT molecular complexity index is 848. The minimum atomic E-state index is -0.686. The van der Waals surface area contributed by atoms with Crippen molar-refractivity contribution in [3.63, 3.8) is 0 Å². The first-order valence-corrected chi connectivity index (χ1v) is 8.15. The first-order valence-electron chi connectivity index (χ1n) is 6.14. The fourth-order valence-electron chi connectivity index (χ4n) is 1.65. The second kappa shape index (κ2) is 6.80. The zero-order valence-electron chi connectivity index (χ0n) is 11.2. The maximum atomic E-state index is 12.2. The predicted molar refractivity (Wildman–Crippen MR) is 89.6 cm³/mol. The monoisotopic (exact) mass is 385 g/mol. The van der Waals surface area contributed by atoms with Gasteiger partial charge < -0.3 is 4.74 Å². The summed E-state index contributed by atoms with van der Waals surface area (Å²) in [6.07, 6.45) is 3.18. The molecule has 3 rings (SSSR count). The smallest absolute Gasteiger partial charge is 0.363 e. The Kier molecular flexibility index (Phi) is 4.77. The predicted octanol–water partition coefficient (Wildman–Crippen LogP) is 4.78. The normalized spacial score (nSPS) is 10.6. The maximum absolute atomic E-state index is 12.2. The van der Waals surface area contributed by atoms with E-state index >= 15 is 0 Å². The van der Waals surface area contributed by atoms with Gasteiger partial charge in [-0.25, -0.2) is 19.7 Å². The van der Waals surface area contributed by atoms with Crippen molar-refractivity contribution in [2.45, 2.75) is 0 Å². The molecule has 3 aromatic rings. The number of benzene rings is 1. The Hall–Kier alpha value is -1.73. The van der Waals surface area contributed by atoms with Crippen LogP contribution >= 0.6 is 46.1 Å². The Balaban J connectivity index is 1.84. The SMILES string of the molecule is O=C(Oc1c(Cl)cc(Cl)cc1Cl)c1csc(-c2ncccn2)n1. The molecule has 0 atom stereocenters. The van der Waals surface area contributed by atoms with Crippen LogP contribution in [0.4, 0.5) is 0 Å². The largest absolute Gasteiger partial charge is 0.419 e. The fourth-order valence-corrected chi connectivity index (χ4v) is 3.28. The summed E-state index contributed by atoms with van der Waals surface area (Å²) in [6, 6.07) is 4.56. The van der Waals surface area contributed by atoms with Gasteiger partial charge in [-0.05, 0) is 18.2 Å². The van der Waals surface area contributed by atoms with E-state index in [2.05, 4.69) is 15.0 Å². The lowest BCUT2D eigenvalue weighted by molar-refractivity contribution is 0.0729. The number of hydrogen-bond donors (Lipinski definition) is 0. The van der Waals surface area contributed by atoms with Gasteiger partial charge in [0.25, 0.3) is 0 Å². The van der Waals surface area contributed by atoms with Gasteiger partial charge in [0.15, 0.2) is 22.3 Å². The molecule has 0 saturated carbocycles. The summed E-state index contributed by atoms with van der Waals surface area (Å²) in [6.45, 7) is 0. The summed E-state index contributed by atoms with van der Waals surface area (Å²) in [7, 11) is 0. The lowest BCUT2D eigenvalue weighted by Crippen LogP contribution is -2.09. The van der Waals surface area contributed by atoms with E-state index in [0.29, 0.717) is 15.9 Å². The number of rotatable bonds is 3. The highest BCUT2D eigenvalue weighted by Crippen LogP contribution is 2.36. The first-order chi connectivity index (χ1) is 11.0. The molecule has 0 bridgehead atoms. The molecule has 0 aliphatic rings. The Morgan fingerprint density at radius 1 is 1.09 bits per heavy atom. The van der Waals surface area contributed by atoms with Crippen molar-refractivity contribution in [2.24, 2.45) is 0 Å². The number of aromatic nitrogens is 3. The zero-order chi connectivity index (χ0) is 16.4. The summed E-state index contributed by atoms with van der Waals surface area (Å²) >= 11 is 19.0. The van der Waals surface area contributed by atoms with Crippen LogP contribution in [0.5, 0.6) is 5.75 Å². The van der Waals surface area contributed by atoms with Gasteiger partial charge in [0, 0.05) is 22.8 Å². The molecule has 2 heterocycles. The van der Waals surface area contributed by atoms with Gasteiger partial charge in [0.2, 0.25) is 0 Å². The fraction of sp³-hybridized carbons (Fsp3) is 0. The van der Waals surface area contributed by atoms with Crippen molar-refractivity contribution in [1.29, 1.82) is 0 Å². The van der Waals surface area contributed by atoms with Crippen molar-refractivity contribution in [3.8, 4) is 16.6 Å². The summed E-state index contributed by atoms with van der Waals surface area (Å²) in [5.74, 6) is -0.220. The van der Waals surface area contributed by atoms with E-state index in [0.717, 1.165) is 0 Å². The van der Waals surface area contributed by atoms with Gasteiger partial charge in [-0.1, -0.05) is 34.8 Å². The summed E-state index contributed by atoms with van der Waals surface area (Å²) in [4.78, 5) is 24.5. The minimum Gasteiger partial charge on any atom is -0.419 e. The molecule has 0 amide bonds. The number of nitrogens with zero attached hydrogens (tertiary/aromatic N) is 3. The lowest BCUT2D eigenvalue weighted by Gasteiger charge is -2.07. The second-order valence-electron chi connectivity index (χ2n) is 4.20. The van der Waals surface area contributed by atoms with Gasteiger partial charge >= 0.3 is 5.97 Å². The summed E-state index contributed by atoms with van der Waals surface area (Å²) < 4.78 is 5.21. The Morgan fingerprint density at radius 2 is 1.74 bits per heavy atom. The zero-order valence-corrected chi connectivity index (χ0v) is 14.2. The summed E-state index contributed by atoms with van der Waals surface area (Å²) in [5.41, 5.74) is 0.111. The molecule has 0 N–H and O–H groups in total. The second-order valence-corrected chi connectivity index (χ2v) is 6.31. The molecule has 5 nitrogen and oxygen atoms in total. The summed E-state index contributed by atoms with van der Waals surface area (Å²) in [5, 5.41) is 2.67. The highest BCUT2D eigenvalue weighted by Gasteiger charge is 2.18. The van der Waals surface area contributed by atoms with Gasteiger partial charge in [-0.2, -0.15) is 0 Å². The molecule has 0 saturated heterocycles. The van der Waals surface area contributed by atoms with E-state index < -0.39 is 5.97 Å². The molecule has 1 aromatic carbocycles. The molecule has 2 aromatic heterocycles. The first kappa shape index (κ1) is 16.1. The number of hydrogen-bond acceptors (Lipinski definition) is 6. The third-order valence-corrected chi connectivity index (χ3v) is 4.25. The van der Waals surface area contributed by atoms with Crippen LogP contribution in [0.2, 0.25) is 15.1 Å². The van der Waals surface area contributed by atoms with Crippen LogP contribution < -0.4 is 4.74 Å². The average molecular weight is 387 g/mol. The molecule has 0 aliphatic carbocycles. The van der Waals surface area contributed by atoms with Crippen molar-refractivity contribution in [1.82, 2.24) is 15.0 Å². The van der Waals surface area contributed by atoms with E-state index in [1.807, 2.05) is 0 Å². The number of carbonyl (C=O) groups excluding carboxylic acids is 1. The number of esters is 1. The van der Waals surface area contributed by atoms with Crippen LogP contribution in [0.3, 0.4) is 0 Å². The molecular weight excluding hydrogens is 381 g/mol. The number of halogens is 3. The Morgan fingerprint density at radius 3 is 2.39 bits per heavy atom. The third-order valence-electron chi connectivity index (χ3n) is 2.63. The van der Waals surface area contributed by atoms with Gasteiger partial charge in [-0.15, -0.1) is 11.3 Å². The minimum absolute atomic E-state index is 0.0354. The Labute approximate surface area is 149 Å². The van der Waals surface area contributed by atoms with Crippen molar-refractivity contribution < 1.29 is 9.53 Å². The van der Waals surface area contributed by atoms with Crippen LogP contribution in [0.15, 0.2) is 36.0 Å². The van der Waals surface area contributed by atoms with Crippen LogP contribution in [0.25, 0.3) is 10.8 Å². The van der Waals surface area contributed by atoms with Crippen LogP contribution in [-0.2, 0) is 0 Å². The molecular formula is C14H6Cl3N3O2S. The molecule has 0 unspecified atom stereocenters. The van der Waals surface area contributed by atoms with Crippen LogP contribution in [0.1, 0.15) is 10.5 Å². The topological polar surface area (TPSA) is 65.0 Å². The highest BCUT2D eigenvalue weighted by atomic mass is 35.5. The average Bonchev–Trinajstić information content (AvgIpc) is 3.01. The van der Waals surface area contributed by atoms with E-state index in [4.69, 9.17) is 39.5 Å². The lowest BCUT2D eigenvalue weighted by atomic mass is 10.3. The quantitative estimate of drug-likeness (QED) is 0.479. The van der Waals surface area contributed by atoms with Crippen molar-refractivity contribution in [2.75, 3.05) is 0 Å². The van der Waals surface area contributed by atoms with Crippen LogP contribution in [-0.4, -0.2) is 20.9 Å². The molecule has 0 fully saturated rings. The maximum Gasteiger partial charge on any atom is 0.363 e. The standard InChI is InChI=1S/C14H6Cl3N3O2S/c15-7-4-8(16)11(9(17)5-7)22-14(21)10-6-23-13(20-10)12-18-2-1-3-19-12/h1-6H. The van der Waals surface area contributed by atoms with E-state index in [1.54, 1.807) is 23.8 Å². The highest BCUT2D eigenvalue weighted by molar-refractivity contribution is 7.13. The molecule has 0 radical (unpaired) electrons. The van der Waals surface area contributed by atoms with E-state index in [9.17, 15) is 4.79 Å². The number of ether oxygens (including phenoxy) is 1. The molecule has 9 heteroatoms. The third kappa shape index (κ3) is 3.61.